The zero-order chi connectivity index (χ0) is 15.3. The van der Waals surface area contributed by atoms with Crippen LogP contribution in [0.2, 0.25) is 0 Å². The first kappa shape index (κ1) is 14.7. The van der Waals surface area contributed by atoms with E-state index in [0.29, 0.717) is 11.8 Å². The van der Waals surface area contributed by atoms with Gasteiger partial charge < -0.3 is 9.64 Å². The minimum atomic E-state index is 0.0636. The smallest absolute Gasteiger partial charge is 0.311 e. The molecule has 2 aliphatic carbocycles. The van der Waals surface area contributed by atoms with Gasteiger partial charge in [0.15, 0.2) is 0 Å². The molecule has 0 bridgehead atoms. The summed E-state index contributed by atoms with van der Waals surface area (Å²) in [5.74, 6) is 1.16. The summed E-state index contributed by atoms with van der Waals surface area (Å²) >= 11 is 0. The van der Waals surface area contributed by atoms with Crippen molar-refractivity contribution in [3.8, 4) is 0 Å². The molecule has 3 heteroatoms. The number of likely N-dealkylation sites (tertiary alicyclic amines) is 1. The fourth-order valence-electron chi connectivity index (χ4n) is 5.50. The van der Waals surface area contributed by atoms with Gasteiger partial charge in [-0.1, -0.05) is 31.9 Å². The van der Waals surface area contributed by atoms with E-state index in [9.17, 15) is 4.79 Å². The maximum Gasteiger partial charge on any atom is 0.311 e. The maximum absolute atomic E-state index is 12.4. The fraction of sp³-hybridized carbons (Fsp3) is 0.842. The van der Waals surface area contributed by atoms with Gasteiger partial charge >= 0.3 is 5.97 Å². The molecule has 122 valence electrons. The highest BCUT2D eigenvalue weighted by Gasteiger charge is 2.51. The van der Waals surface area contributed by atoms with Gasteiger partial charge in [-0.05, 0) is 56.5 Å². The van der Waals surface area contributed by atoms with Crippen molar-refractivity contribution in [2.45, 2.75) is 58.5 Å². The van der Waals surface area contributed by atoms with Crippen LogP contribution in [0.5, 0.6) is 0 Å². The van der Waals surface area contributed by atoms with Crippen LogP contribution in [0.25, 0.3) is 0 Å². The number of hydrogen-bond acceptors (Lipinski definition) is 3. The lowest BCUT2D eigenvalue weighted by Gasteiger charge is -2.46. The Balaban J connectivity index is 1.59. The van der Waals surface area contributed by atoms with Gasteiger partial charge in [0.2, 0.25) is 0 Å². The SMILES string of the molecule is C[C@H]1CCC[C@]2(C)C[C@H]3OC(=O)C(CN4CCCC4)[C@H]3C=C12. The number of allylic oxidation sites excluding steroid dienone is 1. The third kappa shape index (κ3) is 2.33. The first-order valence-corrected chi connectivity index (χ1v) is 9.22. The van der Waals surface area contributed by atoms with Crippen LogP contribution >= 0.6 is 0 Å². The van der Waals surface area contributed by atoms with E-state index in [2.05, 4.69) is 24.8 Å². The molecule has 1 saturated carbocycles. The quantitative estimate of drug-likeness (QED) is 0.578. The number of esters is 1. The van der Waals surface area contributed by atoms with E-state index in [0.717, 1.165) is 26.1 Å². The van der Waals surface area contributed by atoms with Crippen molar-refractivity contribution in [1.29, 1.82) is 0 Å². The molecular formula is C19H29NO2. The molecule has 4 rings (SSSR count). The first-order chi connectivity index (χ1) is 10.6. The van der Waals surface area contributed by atoms with Crippen LogP contribution in [0.4, 0.5) is 0 Å². The lowest BCUT2D eigenvalue weighted by molar-refractivity contribution is -0.145. The molecule has 0 radical (unpaired) electrons. The fourth-order valence-corrected chi connectivity index (χ4v) is 5.50. The largest absolute Gasteiger partial charge is 0.461 e. The van der Waals surface area contributed by atoms with Crippen molar-refractivity contribution in [3.05, 3.63) is 11.6 Å². The molecule has 3 fully saturated rings. The van der Waals surface area contributed by atoms with E-state index in [4.69, 9.17) is 4.74 Å². The highest BCUT2D eigenvalue weighted by molar-refractivity contribution is 5.76. The number of nitrogens with zero attached hydrogens (tertiary/aromatic N) is 1. The van der Waals surface area contributed by atoms with Crippen LogP contribution in [0.3, 0.4) is 0 Å². The molecule has 4 aliphatic rings. The summed E-state index contributed by atoms with van der Waals surface area (Å²) in [5.41, 5.74) is 1.91. The second-order valence-electron chi connectivity index (χ2n) is 8.35. The van der Waals surface area contributed by atoms with Crippen molar-refractivity contribution in [1.82, 2.24) is 4.90 Å². The van der Waals surface area contributed by atoms with Gasteiger partial charge in [0.25, 0.3) is 0 Å². The normalized spacial score (nSPS) is 45.2. The van der Waals surface area contributed by atoms with Crippen molar-refractivity contribution < 1.29 is 9.53 Å². The van der Waals surface area contributed by atoms with Crippen molar-refractivity contribution in [2.24, 2.45) is 23.2 Å². The van der Waals surface area contributed by atoms with Crippen molar-refractivity contribution in [2.75, 3.05) is 19.6 Å². The van der Waals surface area contributed by atoms with Gasteiger partial charge in [0.1, 0.15) is 6.10 Å². The van der Waals surface area contributed by atoms with Crippen molar-refractivity contribution in [3.63, 3.8) is 0 Å². The van der Waals surface area contributed by atoms with Crippen LogP contribution in [-0.2, 0) is 9.53 Å². The maximum atomic E-state index is 12.4. The Bertz CT molecular complexity index is 494. The number of rotatable bonds is 2. The summed E-state index contributed by atoms with van der Waals surface area (Å²) in [5, 5.41) is 0. The van der Waals surface area contributed by atoms with Crippen LogP contribution in [-0.4, -0.2) is 36.6 Å². The second-order valence-corrected chi connectivity index (χ2v) is 8.35. The van der Waals surface area contributed by atoms with Gasteiger partial charge in [0.05, 0.1) is 5.92 Å². The third-order valence-electron chi connectivity index (χ3n) is 6.74. The summed E-state index contributed by atoms with van der Waals surface area (Å²) < 4.78 is 5.83. The minimum Gasteiger partial charge on any atom is -0.461 e. The molecule has 22 heavy (non-hydrogen) atoms. The summed E-state index contributed by atoms with van der Waals surface area (Å²) in [6, 6.07) is 0. The second kappa shape index (κ2) is 5.36. The molecule has 0 aromatic heterocycles. The zero-order valence-electron chi connectivity index (χ0n) is 14.0. The lowest BCUT2D eigenvalue weighted by Crippen LogP contribution is -2.40. The van der Waals surface area contributed by atoms with Crippen LogP contribution < -0.4 is 0 Å². The number of carbonyl (C=O) groups excluding carboxylic acids is 1. The van der Waals surface area contributed by atoms with E-state index >= 15 is 0 Å². The predicted molar refractivity (Wildman–Crippen MR) is 86.4 cm³/mol. The molecule has 0 N–H and O–H groups in total. The molecule has 0 spiro atoms. The van der Waals surface area contributed by atoms with E-state index in [1.807, 2.05) is 0 Å². The Hall–Kier alpha value is -0.830. The molecule has 2 heterocycles. The number of carbonyl (C=O) groups is 1. The van der Waals surface area contributed by atoms with Gasteiger partial charge in [-0.25, -0.2) is 0 Å². The Morgan fingerprint density at radius 2 is 2.09 bits per heavy atom. The van der Waals surface area contributed by atoms with Gasteiger partial charge in [-0.3, -0.25) is 4.79 Å². The Morgan fingerprint density at radius 1 is 1.32 bits per heavy atom. The van der Waals surface area contributed by atoms with Crippen LogP contribution in [0, 0.1) is 23.2 Å². The molecule has 2 saturated heterocycles. The molecule has 2 aliphatic heterocycles. The Kier molecular flexibility index (Phi) is 3.60. The van der Waals surface area contributed by atoms with Gasteiger partial charge in [0, 0.05) is 12.5 Å². The molecule has 0 aromatic carbocycles. The minimum absolute atomic E-state index is 0.0636. The van der Waals surface area contributed by atoms with Crippen molar-refractivity contribution >= 4 is 5.97 Å². The summed E-state index contributed by atoms with van der Waals surface area (Å²) in [4.78, 5) is 14.9. The number of fused-ring (bicyclic) bond motifs is 2. The number of hydrogen-bond donors (Lipinski definition) is 0. The van der Waals surface area contributed by atoms with Gasteiger partial charge in [-0.15, -0.1) is 0 Å². The summed E-state index contributed by atoms with van der Waals surface area (Å²) in [7, 11) is 0. The first-order valence-electron chi connectivity index (χ1n) is 9.22. The zero-order valence-corrected chi connectivity index (χ0v) is 14.0. The highest BCUT2D eigenvalue weighted by Crippen LogP contribution is 2.54. The molecular weight excluding hydrogens is 274 g/mol. The summed E-state index contributed by atoms with van der Waals surface area (Å²) in [6.45, 7) is 8.00. The van der Waals surface area contributed by atoms with E-state index in [-0.39, 0.29) is 23.4 Å². The topological polar surface area (TPSA) is 29.5 Å². The monoisotopic (exact) mass is 303 g/mol. The van der Waals surface area contributed by atoms with E-state index in [1.54, 1.807) is 5.57 Å². The molecule has 3 nitrogen and oxygen atoms in total. The Labute approximate surface area is 134 Å². The average molecular weight is 303 g/mol. The average Bonchev–Trinajstić information content (AvgIpc) is 3.06. The van der Waals surface area contributed by atoms with Crippen LogP contribution in [0.15, 0.2) is 11.6 Å². The standard InChI is InChI=1S/C19H29NO2/c1-13-6-5-7-19(2)11-17-14(10-16(13)19)15(18(21)22-17)12-20-8-3-4-9-20/h10,13-15,17H,3-9,11-12H2,1-2H3/t13-,14+,15?,17+,19+/m0/s1. The third-order valence-corrected chi connectivity index (χ3v) is 6.74. The lowest BCUT2D eigenvalue weighted by atomic mass is 9.59. The Morgan fingerprint density at radius 3 is 2.86 bits per heavy atom. The molecule has 5 atom stereocenters. The highest BCUT2D eigenvalue weighted by atomic mass is 16.6. The van der Waals surface area contributed by atoms with Gasteiger partial charge in [-0.2, -0.15) is 0 Å². The predicted octanol–water partition coefficient (Wildman–Crippen LogP) is 3.40. The number of ether oxygens (including phenoxy) is 1. The molecule has 1 unspecified atom stereocenters. The molecule has 0 aromatic rings. The van der Waals surface area contributed by atoms with E-state index in [1.165, 1.54) is 32.1 Å². The van der Waals surface area contributed by atoms with Crippen LogP contribution in [0.1, 0.15) is 52.4 Å². The van der Waals surface area contributed by atoms with E-state index < -0.39 is 0 Å². The molecule has 0 amide bonds. The summed E-state index contributed by atoms with van der Waals surface area (Å²) in [6.07, 6.45) is 10.1.